The normalized spacial score (nSPS) is 10.2. The highest BCUT2D eigenvalue weighted by molar-refractivity contribution is 5.94. The van der Waals surface area contributed by atoms with Gasteiger partial charge in [0.25, 0.3) is 0 Å². The summed E-state index contributed by atoms with van der Waals surface area (Å²) in [4.78, 5) is 14.1. The Kier molecular flexibility index (Phi) is 1.77. The molecule has 0 aliphatic rings. The number of carbonyl (C=O) groups excluding carboxylic acids is 1. The lowest BCUT2D eigenvalue weighted by Crippen LogP contribution is -2.00. The van der Waals surface area contributed by atoms with Crippen molar-refractivity contribution in [3.8, 4) is 0 Å². The highest BCUT2D eigenvalue weighted by Crippen LogP contribution is 2.14. The van der Waals surface area contributed by atoms with Crippen LogP contribution >= 0.6 is 0 Å². The first kappa shape index (κ1) is 7.86. The number of aromatic amines is 1. The highest BCUT2D eigenvalue weighted by atomic mass is 16.5. The predicted octanol–water partition coefficient (Wildman–Crippen LogP) is 1.75. The van der Waals surface area contributed by atoms with E-state index in [0.717, 1.165) is 10.9 Å². The highest BCUT2D eigenvalue weighted by Gasteiger charge is 2.07. The maximum Gasteiger partial charge on any atom is 0.354 e. The summed E-state index contributed by atoms with van der Waals surface area (Å²) in [5.74, 6) is -0.357. The first-order chi connectivity index (χ1) is 6.31. The number of aromatic nitrogens is 1. The number of esters is 1. The molecule has 0 amide bonds. The van der Waals surface area contributed by atoms with Crippen molar-refractivity contribution in [3.05, 3.63) is 36.0 Å². The fourth-order valence-electron chi connectivity index (χ4n) is 1.22. The van der Waals surface area contributed by atoms with Crippen molar-refractivity contribution in [2.24, 2.45) is 0 Å². The molecule has 1 heterocycles. The molecule has 0 saturated carbocycles. The first-order valence-electron chi connectivity index (χ1n) is 3.89. The third-order valence-electron chi connectivity index (χ3n) is 1.85. The molecular weight excluding hydrogens is 166 g/mol. The number of benzene rings is 1. The van der Waals surface area contributed by atoms with Gasteiger partial charge in [0.15, 0.2) is 0 Å². The molecule has 2 rings (SSSR count). The van der Waals surface area contributed by atoms with Gasteiger partial charge in [0.1, 0.15) is 5.69 Å². The minimum absolute atomic E-state index is 0.357. The van der Waals surface area contributed by atoms with Crippen LogP contribution in [0.4, 0.5) is 0 Å². The molecule has 3 nitrogen and oxygen atoms in total. The second-order valence-electron chi connectivity index (χ2n) is 2.67. The van der Waals surface area contributed by atoms with E-state index in [4.69, 9.17) is 0 Å². The zero-order valence-electron chi connectivity index (χ0n) is 7.13. The minimum atomic E-state index is -0.357. The van der Waals surface area contributed by atoms with Crippen LogP contribution in [0, 0.1) is 6.07 Å². The molecule has 0 aliphatic heterocycles. The van der Waals surface area contributed by atoms with Crippen LogP contribution in [-0.2, 0) is 4.74 Å². The molecule has 0 spiro atoms. The molecule has 0 bridgehead atoms. The van der Waals surface area contributed by atoms with Crippen molar-refractivity contribution >= 4 is 16.9 Å². The smallest absolute Gasteiger partial charge is 0.354 e. The number of carbonyl (C=O) groups is 1. The second kappa shape index (κ2) is 2.94. The Morgan fingerprint density at radius 1 is 1.62 bits per heavy atom. The molecule has 0 saturated heterocycles. The Morgan fingerprint density at radius 3 is 3.15 bits per heavy atom. The Labute approximate surface area is 75.3 Å². The van der Waals surface area contributed by atoms with Crippen molar-refractivity contribution in [3.63, 3.8) is 0 Å². The summed E-state index contributed by atoms with van der Waals surface area (Å²) in [7, 11) is 1.36. The standard InChI is InChI=1S/C10H8NO2/c1-13-10(12)9-6-7-4-2-3-5-8(7)11-9/h2-3,5-6,11H,1H3. The number of fused-ring (bicyclic) bond motifs is 1. The third kappa shape index (κ3) is 1.28. The zero-order chi connectivity index (χ0) is 9.26. The average molecular weight is 174 g/mol. The summed E-state index contributed by atoms with van der Waals surface area (Å²) in [6.45, 7) is 0. The molecule has 0 unspecified atom stereocenters. The summed E-state index contributed by atoms with van der Waals surface area (Å²) >= 11 is 0. The molecule has 0 fully saturated rings. The molecule has 1 aromatic heterocycles. The minimum Gasteiger partial charge on any atom is -0.464 e. The van der Waals surface area contributed by atoms with Crippen molar-refractivity contribution in [2.75, 3.05) is 7.11 Å². The lowest BCUT2D eigenvalue weighted by molar-refractivity contribution is 0.0595. The van der Waals surface area contributed by atoms with E-state index in [2.05, 4.69) is 15.8 Å². The van der Waals surface area contributed by atoms with Gasteiger partial charge >= 0.3 is 5.97 Å². The van der Waals surface area contributed by atoms with E-state index >= 15 is 0 Å². The fourth-order valence-corrected chi connectivity index (χ4v) is 1.22. The van der Waals surface area contributed by atoms with E-state index in [1.54, 1.807) is 12.1 Å². The number of rotatable bonds is 1. The summed E-state index contributed by atoms with van der Waals surface area (Å²) in [5, 5.41) is 0.892. The molecule has 13 heavy (non-hydrogen) atoms. The van der Waals surface area contributed by atoms with Crippen LogP contribution in [0.1, 0.15) is 10.5 Å². The summed E-state index contributed by atoms with van der Waals surface area (Å²) in [6.07, 6.45) is 0. The third-order valence-corrected chi connectivity index (χ3v) is 1.85. The molecular formula is C10H8NO2. The number of methoxy groups -OCH3 is 1. The lowest BCUT2D eigenvalue weighted by atomic mass is 10.2. The second-order valence-corrected chi connectivity index (χ2v) is 2.67. The Hall–Kier alpha value is -1.77. The van der Waals surface area contributed by atoms with Gasteiger partial charge in [-0.3, -0.25) is 0 Å². The average Bonchev–Trinajstić information content (AvgIpc) is 2.59. The van der Waals surface area contributed by atoms with E-state index in [1.165, 1.54) is 7.11 Å². The lowest BCUT2D eigenvalue weighted by Gasteiger charge is -1.91. The number of hydrogen-bond acceptors (Lipinski definition) is 2. The maximum atomic E-state index is 11.1. The molecule has 0 atom stereocenters. The maximum absolute atomic E-state index is 11.1. The molecule has 3 heteroatoms. The van der Waals surface area contributed by atoms with E-state index in [1.807, 2.05) is 12.1 Å². The van der Waals surface area contributed by atoms with Gasteiger partial charge in [0, 0.05) is 10.9 Å². The topological polar surface area (TPSA) is 42.1 Å². The summed E-state index contributed by atoms with van der Waals surface area (Å²) in [6, 6.07) is 10.3. The number of hydrogen-bond donors (Lipinski definition) is 1. The Balaban J connectivity index is 2.56. The van der Waals surface area contributed by atoms with Crippen LogP contribution in [0.15, 0.2) is 24.3 Å². The Morgan fingerprint density at radius 2 is 2.46 bits per heavy atom. The van der Waals surface area contributed by atoms with Gasteiger partial charge < -0.3 is 9.72 Å². The van der Waals surface area contributed by atoms with E-state index < -0.39 is 0 Å². The van der Waals surface area contributed by atoms with E-state index in [0.29, 0.717) is 5.69 Å². The van der Waals surface area contributed by atoms with Gasteiger partial charge in [0.05, 0.1) is 7.11 Å². The van der Waals surface area contributed by atoms with Gasteiger partial charge in [-0.15, -0.1) is 0 Å². The molecule has 65 valence electrons. The Bertz CT molecular complexity index is 412. The van der Waals surface area contributed by atoms with Crippen molar-refractivity contribution in [1.29, 1.82) is 0 Å². The number of H-pyrrole nitrogens is 1. The van der Waals surface area contributed by atoms with Crippen LogP contribution < -0.4 is 0 Å². The van der Waals surface area contributed by atoms with Gasteiger partial charge in [-0.25, -0.2) is 4.79 Å². The van der Waals surface area contributed by atoms with Crippen LogP contribution in [0.5, 0.6) is 0 Å². The molecule has 0 aliphatic carbocycles. The molecule has 1 radical (unpaired) electrons. The van der Waals surface area contributed by atoms with Crippen LogP contribution in [0.3, 0.4) is 0 Å². The van der Waals surface area contributed by atoms with Gasteiger partial charge in [-0.05, 0) is 18.2 Å². The predicted molar refractivity (Wildman–Crippen MR) is 48.5 cm³/mol. The van der Waals surface area contributed by atoms with E-state index in [-0.39, 0.29) is 5.97 Å². The monoisotopic (exact) mass is 174 g/mol. The van der Waals surface area contributed by atoms with Gasteiger partial charge in [-0.1, -0.05) is 12.1 Å². The van der Waals surface area contributed by atoms with Crippen LogP contribution in [-0.4, -0.2) is 18.1 Å². The molecule has 2 aromatic rings. The largest absolute Gasteiger partial charge is 0.464 e. The van der Waals surface area contributed by atoms with Crippen molar-refractivity contribution < 1.29 is 9.53 Å². The van der Waals surface area contributed by atoms with Crippen LogP contribution in [0.2, 0.25) is 0 Å². The zero-order valence-corrected chi connectivity index (χ0v) is 7.13. The quantitative estimate of drug-likeness (QED) is 0.669. The number of nitrogens with one attached hydrogen (secondary N) is 1. The summed E-state index contributed by atoms with van der Waals surface area (Å²) < 4.78 is 4.58. The molecule has 1 N–H and O–H groups in total. The van der Waals surface area contributed by atoms with Crippen molar-refractivity contribution in [1.82, 2.24) is 4.98 Å². The molecule has 1 aromatic carbocycles. The van der Waals surface area contributed by atoms with Gasteiger partial charge in [-0.2, -0.15) is 0 Å². The fraction of sp³-hybridized carbons (Fsp3) is 0.100. The summed E-state index contributed by atoms with van der Waals surface area (Å²) in [5.41, 5.74) is 1.35. The van der Waals surface area contributed by atoms with Crippen molar-refractivity contribution in [2.45, 2.75) is 0 Å². The van der Waals surface area contributed by atoms with E-state index in [9.17, 15) is 4.79 Å². The van der Waals surface area contributed by atoms with Crippen LogP contribution in [0.25, 0.3) is 10.9 Å². The van der Waals surface area contributed by atoms with Gasteiger partial charge in [0.2, 0.25) is 0 Å². The first-order valence-corrected chi connectivity index (χ1v) is 3.89. The number of ether oxygens (including phenoxy) is 1. The SMILES string of the molecule is COC(=O)c1cc2[c]cccc2[nH]1.